The Bertz CT molecular complexity index is 889. The van der Waals surface area contributed by atoms with Crippen molar-refractivity contribution in [1.82, 2.24) is 0 Å². The molecule has 5 rings (SSSR count). The number of esters is 1. The molecular formula is C29H46O7. The van der Waals surface area contributed by atoms with Crippen LogP contribution >= 0.6 is 0 Å². The second-order valence-electron chi connectivity index (χ2n) is 13.9. The minimum absolute atomic E-state index is 0.00281. The Balaban J connectivity index is 1.44. The summed E-state index contributed by atoms with van der Waals surface area (Å²) in [6, 6.07) is 0. The maximum atomic E-state index is 13.7. The van der Waals surface area contributed by atoms with Gasteiger partial charge in [0.2, 0.25) is 0 Å². The van der Waals surface area contributed by atoms with Gasteiger partial charge in [0.05, 0.1) is 24.4 Å². The average molecular weight is 507 g/mol. The molecule has 0 aromatic carbocycles. The van der Waals surface area contributed by atoms with Crippen molar-refractivity contribution in [3.05, 3.63) is 0 Å². The first-order chi connectivity index (χ1) is 16.8. The second-order valence-corrected chi connectivity index (χ2v) is 13.9. The molecule has 7 heteroatoms. The third kappa shape index (κ3) is 3.74. The van der Waals surface area contributed by atoms with E-state index in [1.54, 1.807) is 0 Å². The molecule has 5 fully saturated rings. The minimum Gasteiger partial charge on any atom is -0.462 e. The van der Waals surface area contributed by atoms with Crippen molar-refractivity contribution in [3.8, 4) is 0 Å². The van der Waals surface area contributed by atoms with Gasteiger partial charge < -0.3 is 25.2 Å². The summed E-state index contributed by atoms with van der Waals surface area (Å²) in [6.07, 6.45) is -0.0305. The Hall–Kier alpha value is -1.02. The molecule has 4 N–H and O–H groups in total. The highest BCUT2D eigenvalue weighted by molar-refractivity contribution is 5.85. The molecule has 1 saturated heterocycles. The molecule has 0 spiro atoms. The number of aliphatic hydroxyl groups is 4. The number of fused-ring (bicyclic) bond motifs is 5. The first-order valence-electron chi connectivity index (χ1n) is 14.3. The summed E-state index contributed by atoms with van der Waals surface area (Å²) < 4.78 is 5.86. The number of ether oxygens (including phenoxy) is 1. The molecule has 1 aliphatic heterocycles. The molecule has 204 valence electrons. The van der Waals surface area contributed by atoms with Crippen molar-refractivity contribution >= 4 is 11.8 Å². The first-order valence-corrected chi connectivity index (χ1v) is 14.3. The number of cyclic esters (lactones) is 1. The second kappa shape index (κ2) is 9.03. The van der Waals surface area contributed by atoms with Gasteiger partial charge >= 0.3 is 5.97 Å². The molecule has 8 unspecified atom stereocenters. The number of rotatable bonds is 3. The van der Waals surface area contributed by atoms with E-state index in [9.17, 15) is 30.0 Å². The van der Waals surface area contributed by atoms with Crippen LogP contribution in [0.15, 0.2) is 0 Å². The fourth-order valence-electron chi connectivity index (χ4n) is 9.89. The third-order valence-corrected chi connectivity index (χ3v) is 12.0. The lowest BCUT2D eigenvalue weighted by atomic mass is 9.42. The largest absolute Gasteiger partial charge is 0.462 e. The highest BCUT2D eigenvalue weighted by Crippen LogP contribution is 2.67. The van der Waals surface area contributed by atoms with Gasteiger partial charge in [-0.3, -0.25) is 9.59 Å². The van der Waals surface area contributed by atoms with Gasteiger partial charge in [0.15, 0.2) is 0 Å². The summed E-state index contributed by atoms with van der Waals surface area (Å²) in [7, 11) is 0. The van der Waals surface area contributed by atoms with Crippen molar-refractivity contribution in [2.75, 3.05) is 0 Å². The van der Waals surface area contributed by atoms with E-state index in [0.29, 0.717) is 31.6 Å². The van der Waals surface area contributed by atoms with Gasteiger partial charge in [0.25, 0.3) is 0 Å². The smallest absolute Gasteiger partial charge is 0.306 e. The molecule has 0 amide bonds. The van der Waals surface area contributed by atoms with E-state index in [2.05, 4.69) is 34.6 Å². The van der Waals surface area contributed by atoms with E-state index >= 15 is 0 Å². The molecule has 14 atom stereocenters. The van der Waals surface area contributed by atoms with Crippen LogP contribution in [0.2, 0.25) is 0 Å². The lowest BCUT2D eigenvalue weighted by Crippen LogP contribution is -2.68. The molecule has 0 aromatic heterocycles. The maximum Gasteiger partial charge on any atom is 0.306 e. The van der Waals surface area contributed by atoms with Crippen LogP contribution in [0.5, 0.6) is 0 Å². The maximum absolute atomic E-state index is 13.7. The summed E-state index contributed by atoms with van der Waals surface area (Å²) in [5.74, 6) is -0.575. The normalized spacial score (nSPS) is 53.9. The molecule has 7 nitrogen and oxygen atoms in total. The number of Topliss-reactive ketones (excluding diaryl/α,β-unsaturated/α-hetero) is 1. The van der Waals surface area contributed by atoms with Gasteiger partial charge in [0.1, 0.15) is 11.9 Å². The topological polar surface area (TPSA) is 124 Å². The molecule has 0 radical (unpaired) electrons. The van der Waals surface area contributed by atoms with Crippen molar-refractivity contribution in [2.45, 2.75) is 110 Å². The van der Waals surface area contributed by atoms with Crippen molar-refractivity contribution in [3.63, 3.8) is 0 Å². The van der Waals surface area contributed by atoms with E-state index < -0.39 is 35.7 Å². The molecule has 4 aliphatic carbocycles. The summed E-state index contributed by atoms with van der Waals surface area (Å²) in [6.45, 7) is 10.7. The molecule has 1 heterocycles. The zero-order valence-corrected chi connectivity index (χ0v) is 22.5. The van der Waals surface area contributed by atoms with E-state index in [4.69, 9.17) is 4.74 Å². The third-order valence-electron chi connectivity index (χ3n) is 12.0. The SMILES string of the molecule is CC(C)C1CC(=O)OC(C(C)C2CC(=O)C3C4C(CC[C@]23C)[C@@]2(C)CC[C@@H](O)[C@H](O)C2[C@@H](O)[C@@H]4O)C1. The van der Waals surface area contributed by atoms with Gasteiger partial charge in [-0.15, -0.1) is 0 Å². The van der Waals surface area contributed by atoms with E-state index in [1.807, 2.05) is 0 Å². The Kier molecular flexibility index (Phi) is 6.67. The standard InChI is InChI=1S/C29H46O7/c1-13(2)15-10-20(36-21(32)11-15)14(3)17-12-19(31)23-22-16(6-8-29(17,23)5)28(4)9-7-18(30)25(33)24(28)27(35)26(22)34/h13-18,20,22-27,30,33-35H,6-12H2,1-5H3/t14?,15?,16?,17?,18-,20?,22?,23?,24?,25+,26-,27-,28-,29-/m1/s1. The molecule has 0 bridgehead atoms. The predicted octanol–water partition coefficient (Wildman–Crippen LogP) is 2.71. The fraction of sp³-hybridized carbons (Fsp3) is 0.931. The Morgan fingerprint density at radius 2 is 1.56 bits per heavy atom. The lowest BCUT2D eigenvalue weighted by Gasteiger charge is -2.64. The Morgan fingerprint density at radius 1 is 0.889 bits per heavy atom. The summed E-state index contributed by atoms with van der Waals surface area (Å²) in [5, 5.41) is 43.8. The number of hydrogen-bond donors (Lipinski definition) is 4. The number of ketones is 1. The van der Waals surface area contributed by atoms with Crippen LogP contribution < -0.4 is 0 Å². The van der Waals surface area contributed by atoms with Gasteiger partial charge in [-0.1, -0.05) is 34.6 Å². The molecule has 4 saturated carbocycles. The quantitative estimate of drug-likeness (QED) is 0.434. The van der Waals surface area contributed by atoms with E-state index in [-0.39, 0.29) is 58.8 Å². The van der Waals surface area contributed by atoms with Crippen LogP contribution in [-0.4, -0.2) is 62.7 Å². The van der Waals surface area contributed by atoms with E-state index in [0.717, 1.165) is 19.3 Å². The van der Waals surface area contributed by atoms with Crippen LogP contribution in [0.25, 0.3) is 0 Å². The molecule has 5 aliphatic rings. The summed E-state index contributed by atoms with van der Waals surface area (Å²) in [4.78, 5) is 26.2. The predicted molar refractivity (Wildman–Crippen MR) is 132 cm³/mol. The van der Waals surface area contributed by atoms with Crippen LogP contribution in [0.4, 0.5) is 0 Å². The number of aliphatic hydroxyl groups excluding tert-OH is 4. The number of carbonyl (C=O) groups is 2. The first kappa shape index (κ1) is 26.6. The Morgan fingerprint density at radius 3 is 2.22 bits per heavy atom. The highest BCUT2D eigenvalue weighted by Gasteiger charge is 2.69. The van der Waals surface area contributed by atoms with Gasteiger partial charge in [0, 0.05) is 30.6 Å². The van der Waals surface area contributed by atoms with Crippen molar-refractivity contribution < 1.29 is 34.8 Å². The van der Waals surface area contributed by atoms with Crippen LogP contribution in [-0.2, 0) is 14.3 Å². The Labute approximate surface area is 215 Å². The zero-order valence-electron chi connectivity index (χ0n) is 22.5. The van der Waals surface area contributed by atoms with Crippen LogP contribution in [0.3, 0.4) is 0 Å². The van der Waals surface area contributed by atoms with Gasteiger partial charge in [-0.25, -0.2) is 0 Å². The molecular weight excluding hydrogens is 460 g/mol. The van der Waals surface area contributed by atoms with Crippen molar-refractivity contribution in [1.29, 1.82) is 0 Å². The van der Waals surface area contributed by atoms with Gasteiger partial charge in [-0.2, -0.15) is 0 Å². The molecule has 36 heavy (non-hydrogen) atoms. The fourth-order valence-corrected chi connectivity index (χ4v) is 9.89. The van der Waals surface area contributed by atoms with E-state index in [1.165, 1.54) is 0 Å². The average Bonchev–Trinajstić information content (AvgIpc) is 3.09. The zero-order chi connectivity index (χ0) is 26.3. The summed E-state index contributed by atoms with van der Waals surface area (Å²) in [5.41, 5.74) is -0.789. The highest BCUT2D eigenvalue weighted by atomic mass is 16.5. The minimum atomic E-state index is -1.18. The lowest BCUT2D eigenvalue weighted by molar-refractivity contribution is -0.250. The number of hydrogen-bond acceptors (Lipinski definition) is 7. The van der Waals surface area contributed by atoms with Gasteiger partial charge in [-0.05, 0) is 72.5 Å². The number of carbonyl (C=O) groups excluding carboxylic acids is 2. The van der Waals surface area contributed by atoms with Crippen molar-refractivity contribution in [2.24, 2.45) is 58.2 Å². The molecule has 0 aromatic rings. The van der Waals surface area contributed by atoms with Crippen LogP contribution in [0, 0.1) is 58.2 Å². The monoisotopic (exact) mass is 506 g/mol. The van der Waals surface area contributed by atoms with Crippen LogP contribution in [0.1, 0.15) is 79.6 Å². The summed E-state index contributed by atoms with van der Waals surface area (Å²) >= 11 is 0.